The van der Waals surface area contributed by atoms with E-state index in [1.165, 1.54) is 29.5 Å². The topological polar surface area (TPSA) is 130 Å². The third-order valence-electron chi connectivity index (χ3n) is 1.82. The summed E-state index contributed by atoms with van der Waals surface area (Å²) in [4.78, 5) is 21.0. The molecule has 1 N–H and O–H groups in total. The van der Waals surface area contributed by atoms with Gasteiger partial charge in [0.15, 0.2) is 5.82 Å². The van der Waals surface area contributed by atoms with Gasteiger partial charge < -0.3 is 5.11 Å². The predicted octanol–water partition coefficient (Wildman–Crippen LogP) is 1.30. The molecular weight excluding hydrogens is 226 g/mol. The number of rotatable bonds is 3. The number of hydrogen-bond donors (Lipinski definition) is 1. The quantitative estimate of drug-likeness (QED) is 0.483. The van der Waals surface area contributed by atoms with Crippen LogP contribution in [0.2, 0.25) is 0 Å². The van der Waals surface area contributed by atoms with Crippen molar-refractivity contribution < 1.29 is 9.90 Å². The zero-order valence-corrected chi connectivity index (χ0v) is 8.30. The van der Waals surface area contributed by atoms with E-state index in [0.29, 0.717) is 0 Å². The van der Waals surface area contributed by atoms with E-state index in [9.17, 15) is 4.79 Å². The van der Waals surface area contributed by atoms with Gasteiger partial charge in [-0.3, -0.25) is 4.98 Å². The van der Waals surface area contributed by atoms with Crippen LogP contribution in [0.15, 0.2) is 29.9 Å². The second-order valence-electron chi connectivity index (χ2n) is 2.90. The maximum Gasteiger partial charge on any atom is 0.338 e. The molecule has 2 heterocycles. The Hall–Kier alpha value is -2.93. The molecule has 0 unspecified atom stereocenters. The molecule has 0 aliphatic rings. The lowest BCUT2D eigenvalue weighted by Gasteiger charge is -1.99. The van der Waals surface area contributed by atoms with Gasteiger partial charge in [0.05, 0.1) is 24.2 Å². The number of aromatic carboxylic acids is 1. The molecule has 84 valence electrons. The van der Waals surface area contributed by atoms with Gasteiger partial charge in [-0.2, -0.15) is 5.10 Å². The summed E-state index contributed by atoms with van der Waals surface area (Å²) in [5, 5.41) is 15.8. The van der Waals surface area contributed by atoms with Crippen LogP contribution < -0.4 is 0 Å². The van der Waals surface area contributed by atoms with E-state index in [4.69, 9.17) is 10.6 Å². The minimum Gasteiger partial charge on any atom is -0.478 e. The van der Waals surface area contributed by atoms with Gasteiger partial charge in [0.2, 0.25) is 0 Å². The molecule has 0 aliphatic heterocycles. The average molecular weight is 231 g/mol. The lowest BCUT2D eigenvalue weighted by molar-refractivity contribution is 0.0697. The van der Waals surface area contributed by atoms with E-state index in [1.807, 2.05) is 0 Å². The Bertz CT molecular complexity index is 614. The molecular formula is C8H5N7O2. The molecule has 9 nitrogen and oxygen atoms in total. The Labute approximate surface area is 94.0 Å². The molecule has 0 aliphatic carbocycles. The normalized spacial score (nSPS) is 9.65. The molecule has 0 saturated carbocycles. The number of carbonyl (C=O) groups is 1. The lowest BCUT2D eigenvalue weighted by atomic mass is 10.4. The van der Waals surface area contributed by atoms with Gasteiger partial charge in [-0.1, -0.05) is 0 Å². The number of azide groups is 1. The molecule has 2 rings (SSSR count). The fourth-order valence-electron chi connectivity index (χ4n) is 1.11. The molecule has 0 fully saturated rings. The third kappa shape index (κ3) is 2.19. The molecule has 9 heteroatoms. The minimum atomic E-state index is -1.09. The van der Waals surface area contributed by atoms with E-state index in [-0.39, 0.29) is 17.2 Å². The average Bonchev–Trinajstić information content (AvgIpc) is 2.79. The van der Waals surface area contributed by atoms with Crippen LogP contribution in [-0.2, 0) is 0 Å². The Morgan fingerprint density at radius 1 is 1.47 bits per heavy atom. The Morgan fingerprint density at radius 2 is 2.29 bits per heavy atom. The van der Waals surface area contributed by atoms with Crippen LogP contribution in [0.5, 0.6) is 0 Å². The van der Waals surface area contributed by atoms with Gasteiger partial charge in [-0.25, -0.2) is 14.5 Å². The molecule has 0 radical (unpaired) electrons. The molecule has 17 heavy (non-hydrogen) atoms. The molecule has 2 aromatic rings. The lowest BCUT2D eigenvalue weighted by Crippen LogP contribution is -1.99. The monoisotopic (exact) mass is 231 g/mol. The van der Waals surface area contributed by atoms with Crippen LogP contribution in [-0.4, -0.2) is 30.8 Å². The maximum atomic E-state index is 10.7. The molecule has 0 aromatic carbocycles. The highest BCUT2D eigenvalue weighted by atomic mass is 16.4. The highest BCUT2D eigenvalue weighted by Crippen LogP contribution is 2.10. The number of carboxylic acid groups (broad SMARTS) is 1. The molecule has 0 bridgehead atoms. The summed E-state index contributed by atoms with van der Waals surface area (Å²) >= 11 is 0. The first-order chi connectivity index (χ1) is 8.20. The summed E-state index contributed by atoms with van der Waals surface area (Å²) in [5.74, 6) is -0.741. The highest BCUT2D eigenvalue weighted by Gasteiger charge is 2.08. The van der Waals surface area contributed by atoms with Crippen LogP contribution in [0.3, 0.4) is 0 Å². The van der Waals surface area contributed by atoms with Gasteiger partial charge in [-0.15, -0.1) is 0 Å². The highest BCUT2D eigenvalue weighted by molar-refractivity contribution is 5.86. The fraction of sp³-hybridized carbons (Fsp3) is 0. The predicted molar refractivity (Wildman–Crippen MR) is 54.9 cm³/mol. The number of nitrogens with zero attached hydrogens (tertiary/aromatic N) is 7. The number of aromatic nitrogens is 4. The van der Waals surface area contributed by atoms with Crippen molar-refractivity contribution in [2.75, 3.05) is 0 Å². The van der Waals surface area contributed by atoms with E-state index in [0.717, 1.165) is 0 Å². The van der Waals surface area contributed by atoms with Gasteiger partial charge >= 0.3 is 5.97 Å². The first-order valence-electron chi connectivity index (χ1n) is 4.36. The van der Waals surface area contributed by atoms with Gasteiger partial charge in [-0.05, 0) is 10.6 Å². The number of hydrogen-bond acceptors (Lipinski definition) is 5. The summed E-state index contributed by atoms with van der Waals surface area (Å²) in [6.07, 6.45) is 5.12. The first kappa shape index (κ1) is 10.6. The molecule has 0 atom stereocenters. The summed E-state index contributed by atoms with van der Waals surface area (Å²) in [5.41, 5.74) is 8.28. The van der Waals surface area contributed by atoms with Crippen LogP contribution in [0, 0.1) is 0 Å². The van der Waals surface area contributed by atoms with E-state index < -0.39 is 5.97 Å². The van der Waals surface area contributed by atoms with Crippen molar-refractivity contribution in [1.29, 1.82) is 0 Å². The van der Waals surface area contributed by atoms with Gasteiger partial charge in [0.1, 0.15) is 5.82 Å². The molecule has 0 saturated heterocycles. The summed E-state index contributed by atoms with van der Waals surface area (Å²) in [6, 6.07) is 0. The van der Waals surface area contributed by atoms with Gasteiger partial charge in [0.25, 0.3) is 0 Å². The first-order valence-corrected chi connectivity index (χ1v) is 4.36. The SMILES string of the molecule is [N-]=[N+]=Nc1cncc(-n2cc(C(=O)O)cn2)n1. The van der Waals surface area contributed by atoms with Crippen LogP contribution in [0.25, 0.3) is 16.3 Å². The molecule has 2 aromatic heterocycles. The van der Waals surface area contributed by atoms with E-state index in [2.05, 4.69) is 25.1 Å². The minimum absolute atomic E-state index is 0.0287. The van der Waals surface area contributed by atoms with Crippen molar-refractivity contribution in [2.45, 2.75) is 0 Å². The van der Waals surface area contributed by atoms with Crippen molar-refractivity contribution in [3.63, 3.8) is 0 Å². The zero-order valence-electron chi connectivity index (χ0n) is 8.30. The van der Waals surface area contributed by atoms with Crippen LogP contribution in [0.1, 0.15) is 10.4 Å². The second-order valence-corrected chi connectivity index (χ2v) is 2.90. The van der Waals surface area contributed by atoms with Gasteiger partial charge in [0, 0.05) is 11.1 Å². The Kier molecular flexibility index (Phi) is 2.67. The standard InChI is InChI=1S/C8H5N7O2/c9-14-13-6-2-10-3-7(12-6)15-4-5(1-11-15)8(16)17/h1-4H,(H,16,17). The Balaban J connectivity index is 2.41. The van der Waals surface area contributed by atoms with Crippen molar-refractivity contribution in [3.05, 3.63) is 40.8 Å². The maximum absolute atomic E-state index is 10.7. The van der Waals surface area contributed by atoms with Crippen LogP contribution >= 0.6 is 0 Å². The second kappa shape index (κ2) is 4.29. The Morgan fingerprint density at radius 3 is 2.94 bits per heavy atom. The largest absolute Gasteiger partial charge is 0.478 e. The van der Waals surface area contributed by atoms with Crippen molar-refractivity contribution in [3.8, 4) is 5.82 Å². The molecule has 0 spiro atoms. The summed E-state index contributed by atoms with van der Waals surface area (Å²) in [7, 11) is 0. The van der Waals surface area contributed by atoms with Crippen molar-refractivity contribution >= 4 is 11.8 Å². The molecule has 0 amide bonds. The number of carboxylic acids is 1. The fourth-order valence-corrected chi connectivity index (χ4v) is 1.11. The zero-order chi connectivity index (χ0) is 12.3. The van der Waals surface area contributed by atoms with Crippen molar-refractivity contribution in [2.24, 2.45) is 5.11 Å². The van der Waals surface area contributed by atoms with E-state index >= 15 is 0 Å². The smallest absolute Gasteiger partial charge is 0.338 e. The summed E-state index contributed by atoms with van der Waals surface area (Å²) in [6.45, 7) is 0. The van der Waals surface area contributed by atoms with E-state index in [1.54, 1.807) is 0 Å². The van der Waals surface area contributed by atoms with Crippen LogP contribution in [0.4, 0.5) is 5.82 Å². The van der Waals surface area contributed by atoms with Crippen molar-refractivity contribution in [1.82, 2.24) is 19.7 Å². The third-order valence-corrected chi connectivity index (χ3v) is 1.82. The summed E-state index contributed by atoms with van der Waals surface area (Å²) < 4.78 is 1.23.